The van der Waals surface area contributed by atoms with Crippen molar-refractivity contribution >= 4 is 35.2 Å². The molecule has 3 aliphatic heterocycles. The Kier molecular flexibility index (Phi) is 5.90. The Hall–Kier alpha value is -2.02. The van der Waals surface area contributed by atoms with Gasteiger partial charge in [-0.2, -0.15) is 0 Å². The van der Waals surface area contributed by atoms with E-state index in [4.69, 9.17) is 0 Å². The Morgan fingerprint density at radius 1 is 0.964 bits per heavy atom. The van der Waals surface area contributed by atoms with Gasteiger partial charge in [-0.05, 0) is 43.9 Å². The molecule has 0 saturated carbocycles. The Morgan fingerprint density at radius 2 is 1.68 bits per heavy atom. The van der Waals surface area contributed by atoms with Crippen molar-refractivity contribution in [3.8, 4) is 0 Å². The van der Waals surface area contributed by atoms with E-state index in [1.807, 2.05) is 21.9 Å². The zero-order valence-corrected chi connectivity index (χ0v) is 16.9. The molecule has 0 aromatic heterocycles. The second kappa shape index (κ2) is 8.55. The van der Waals surface area contributed by atoms with Crippen molar-refractivity contribution in [3.63, 3.8) is 0 Å². The van der Waals surface area contributed by atoms with Crippen LogP contribution in [-0.4, -0.2) is 59.5 Å². The average Bonchev–Trinajstić information content (AvgIpc) is 3.02. The van der Waals surface area contributed by atoms with E-state index in [9.17, 15) is 14.4 Å². The van der Waals surface area contributed by atoms with Crippen molar-refractivity contribution < 1.29 is 14.4 Å². The van der Waals surface area contributed by atoms with E-state index in [2.05, 4.69) is 5.32 Å². The highest BCUT2D eigenvalue weighted by atomic mass is 32.2. The lowest BCUT2D eigenvalue weighted by molar-refractivity contribution is -0.136. The molecule has 3 amide bonds. The van der Waals surface area contributed by atoms with Crippen LogP contribution in [0.1, 0.15) is 48.9 Å². The molecule has 6 nitrogen and oxygen atoms in total. The third-order valence-electron chi connectivity index (χ3n) is 5.91. The van der Waals surface area contributed by atoms with E-state index in [1.165, 1.54) is 24.6 Å². The summed E-state index contributed by atoms with van der Waals surface area (Å²) in [6.45, 7) is 3.00. The monoisotopic (exact) mass is 401 g/mol. The van der Waals surface area contributed by atoms with Gasteiger partial charge >= 0.3 is 0 Å². The SMILES string of the molecule is O=C1CSc2ccc(C(=O)N3CCC(C(=O)N4CCCCCC4)CC3)cc2N1. The second-order valence-electron chi connectivity index (χ2n) is 7.85. The Labute approximate surface area is 170 Å². The van der Waals surface area contributed by atoms with Crippen LogP contribution in [0.5, 0.6) is 0 Å². The van der Waals surface area contributed by atoms with Crippen molar-refractivity contribution in [2.75, 3.05) is 37.2 Å². The Bertz CT molecular complexity index is 766. The van der Waals surface area contributed by atoms with E-state index in [0.717, 1.165) is 49.4 Å². The quantitative estimate of drug-likeness (QED) is 0.827. The van der Waals surface area contributed by atoms with Crippen LogP contribution in [-0.2, 0) is 9.59 Å². The molecule has 1 aromatic carbocycles. The van der Waals surface area contributed by atoms with Gasteiger partial charge in [0.25, 0.3) is 5.91 Å². The number of amides is 3. The zero-order valence-electron chi connectivity index (χ0n) is 16.1. The second-order valence-corrected chi connectivity index (χ2v) is 8.87. The summed E-state index contributed by atoms with van der Waals surface area (Å²) in [6, 6.07) is 5.51. The number of nitrogens with one attached hydrogen (secondary N) is 1. The fourth-order valence-corrected chi connectivity index (χ4v) is 5.07. The lowest BCUT2D eigenvalue weighted by Gasteiger charge is -2.34. The van der Waals surface area contributed by atoms with Crippen LogP contribution >= 0.6 is 11.8 Å². The van der Waals surface area contributed by atoms with Gasteiger partial charge in [0.2, 0.25) is 11.8 Å². The molecule has 3 heterocycles. The van der Waals surface area contributed by atoms with Gasteiger partial charge in [-0.1, -0.05) is 12.8 Å². The predicted molar refractivity (Wildman–Crippen MR) is 109 cm³/mol. The van der Waals surface area contributed by atoms with E-state index >= 15 is 0 Å². The number of hydrogen-bond donors (Lipinski definition) is 1. The molecule has 1 aromatic rings. The predicted octanol–water partition coefficient (Wildman–Crippen LogP) is 2.99. The number of anilines is 1. The Balaban J connectivity index is 1.36. The van der Waals surface area contributed by atoms with Gasteiger partial charge in [-0.25, -0.2) is 0 Å². The number of likely N-dealkylation sites (tertiary alicyclic amines) is 2. The standard InChI is InChI=1S/C21H27N3O3S/c25-19-14-28-18-6-5-16(13-17(18)22-19)21(27)24-11-7-15(8-12-24)20(26)23-9-3-1-2-4-10-23/h5-6,13,15H,1-4,7-12,14H2,(H,22,25). The first-order chi connectivity index (χ1) is 13.6. The lowest BCUT2D eigenvalue weighted by Crippen LogP contribution is -2.44. The molecule has 0 atom stereocenters. The number of fused-ring (bicyclic) bond motifs is 1. The third kappa shape index (κ3) is 4.19. The highest BCUT2D eigenvalue weighted by Crippen LogP contribution is 2.32. The van der Waals surface area contributed by atoms with Crippen LogP contribution in [0.25, 0.3) is 0 Å². The molecule has 1 N–H and O–H groups in total. The number of piperidine rings is 1. The van der Waals surface area contributed by atoms with Gasteiger partial charge in [0.05, 0.1) is 11.4 Å². The summed E-state index contributed by atoms with van der Waals surface area (Å²) in [5.74, 6) is 0.686. The molecule has 0 aliphatic carbocycles. The van der Waals surface area contributed by atoms with Crippen LogP contribution in [0.2, 0.25) is 0 Å². The molecule has 0 spiro atoms. The van der Waals surface area contributed by atoms with Crippen molar-refractivity contribution in [2.24, 2.45) is 5.92 Å². The molecule has 0 radical (unpaired) electrons. The fraction of sp³-hybridized carbons (Fsp3) is 0.571. The number of rotatable bonds is 2. The number of thioether (sulfide) groups is 1. The van der Waals surface area contributed by atoms with E-state index in [0.29, 0.717) is 24.4 Å². The minimum atomic E-state index is -0.0325. The van der Waals surface area contributed by atoms with Gasteiger partial charge < -0.3 is 15.1 Å². The molecular weight excluding hydrogens is 374 g/mol. The topological polar surface area (TPSA) is 69.7 Å². The number of carbonyl (C=O) groups excluding carboxylic acids is 3. The molecule has 150 valence electrons. The highest BCUT2D eigenvalue weighted by Gasteiger charge is 2.31. The summed E-state index contributed by atoms with van der Waals surface area (Å²) in [5, 5.41) is 2.84. The summed E-state index contributed by atoms with van der Waals surface area (Å²) in [4.78, 5) is 42.2. The smallest absolute Gasteiger partial charge is 0.253 e. The molecule has 3 aliphatic rings. The van der Waals surface area contributed by atoms with E-state index in [-0.39, 0.29) is 23.6 Å². The first-order valence-electron chi connectivity index (χ1n) is 10.3. The molecule has 2 saturated heterocycles. The van der Waals surface area contributed by atoms with Crippen LogP contribution < -0.4 is 5.32 Å². The van der Waals surface area contributed by atoms with Gasteiger partial charge in [-0.15, -0.1) is 11.8 Å². The van der Waals surface area contributed by atoms with Crippen molar-refractivity contribution in [1.29, 1.82) is 0 Å². The Morgan fingerprint density at radius 3 is 2.39 bits per heavy atom. The van der Waals surface area contributed by atoms with Gasteiger partial charge in [0, 0.05) is 42.6 Å². The number of benzene rings is 1. The maximum absolute atomic E-state index is 12.9. The first-order valence-corrected chi connectivity index (χ1v) is 11.2. The summed E-state index contributed by atoms with van der Waals surface area (Å²) in [5.41, 5.74) is 1.32. The molecule has 28 heavy (non-hydrogen) atoms. The average molecular weight is 402 g/mol. The minimum absolute atomic E-state index is 0.0201. The minimum Gasteiger partial charge on any atom is -0.342 e. The molecule has 7 heteroatoms. The van der Waals surface area contributed by atoms with Crippen molar-refractivity contribution in [1.82, 2.24) is 9.80 Å². The van der Waals surface area contributed by atoms with E-state index in [1.54, 1.807) is 6.07 Å². The fourth-order valence-electron chi connectivity index (χ4n) is 4.28. The number of carbonyl (C=O) groups is 3. The normalized spacial score (nSPS) is 20.9. The summed E-state index contributed by atoms with van der Waals surface area (Å²) < 4.78 is 0. The lowest BCUT2D eigenvalue weighted by atomic mass is 9.94. The summed E-state index contributed by atoms with van der Waals surface area (Å²) in [7, 11) is 0. The number of hydrogen-bond acceptors (Lipinski definition) is 4. The zero-order chi connectivity index (χ0) is 19.5. The number of nitrogens with zero attached hydrogens (tertiary/aromatic N) is 2. The molecular formula is C21H27N3O3S. The summed E-state index contributed by atoms with van der Waals surface area (Å²) >= 11 is 1.49. The van der Waals surface area contributed by atoms with Crippen LogP contribution in [0, 0.1) is 5.92 Å². The van der Waals surface area contributed by atoms with Crippen molar-refractivity contribution in [3.05, 3.63) is 23.8 Å². The van der Waals surface area contributed by atoms with Gasteiger partial charge in [-0.3, -0.25) is 14.4 Å². The van der Waals surface area contributed by atoms with E-state index < -0.39 is 0 Å². The first kappa shape index (κ1) is 19.3. The maximum Gasteiger partial charge on any atom is 0.253 e. The van der Waals surface area contributed by atoms with Crippen LogP contribution in [0.4, 0.5) is 5.69 Å². The van der Waals surface area contributed by atoms with Crippen LogP contribution in [0.3, 0.4) is 0 Å². The molecule has 0 bridgehead atoms. The maximum atomic E-state index is 12.9. The van der Waals surface area contributed by atoms with Crippen LogP contribution in [0.15, 0.2) is 23.1 Å². The summed E-state index contributed by atoms with van der Waals surface area (Å²) in [6.07, 6.45) is 6.12. The molecule has 2 fully saturated rings. The van der Waals surface area contributed by atoms with Crippen molar-refractivity contribution in [2.45, 2.75) is 43.4 Å². The van der Waals surface area contributed by atoms with Gasteiger partial charge in [0.15, 0.2) is 0 Å². The van der Waals surface area contributed by atoms with Gasteiger partial charge in [0.1, 0.15) is 0 Å². The third-order valence-corrected chi connectivity index (χ3v) is 6.98. The highest BCUT2D eigenvalue weighted by molar-refractivity contribution is 8.00. The molecule has 4 rings (SSSR count). The molecule has 0 unspecified atom stereocenters. The largest absolute Gasteiger partial charge is 0.342 e.